The third kappa shape index (κ3) is 4.15. The van der Waals surface area contributed by atoms with E-state index in [1.54, 1.807) is 12.1 Å². The number of hydrogen-bond acceptors (Lipinski definition) is 4. The van der Waals surface area contributed by atoms with Crippen molar-refractivity contribution < 1.29 is 9.66 Å². The van der Waals surface area contributed by atoms with Crippen molar-refractivity contribution in [1.29, 1.82) is 0 Å². The second-order valence-corrected chi connectivity index (χ2v) is 5.55. The van der Waals surface area contributed by atoms with E-state index in [1.165, 1.54) is 13.2 Å². The molecule has 0 heterocycles. The zero-order chi connectivity index (χ0) is 16.1. The minimum absolute atomic E-state index is 0.112. The first-order valence-corrected chi connectivity index (χ1v) is 7.35. The molecular formula is C14H12BrN3O3S. The molecule has 0 aliphatic carbocycles. The second kappa shape index (κ2) is 7.19. The van der Waals surface area contributed by atoms with Crippen molar-refractivity contribution in [2.24, 2.45) is 0 Å². The summed E-state index contributed by atoms with van der Waals surface area (Å²) in [5.74, 6) is 0.407. The van der Waals surface area contributed by atoms with Crippen molar-refractivity contribution in [2.75, 3.05) is 17.7 Å². The Hall–Kier alpha value is -2.19. The van der Waals surface area contributed by atoms with Crippen molar-refractivity contribution in [3.05, 3.63) is 57.1 Å². The molecule has 22 heavy (non-hydrogen) atoms. The number of nitrogens with zero attached hydrogens (tertiary/aromatic N) is 1. The van der Waals surface area contributed by atoms with Crippen LogP contribution < -0.4 is 15.4 Å². The van der Waals surface area contributed by atoms with Crippen LogP contribution in [-0.4, -0.2) is 17.1 Å². The maximum absolute atomic E-state index is 11.1. The normalized spacial score (nSPS) is 9.91. The number of thiocarbonyl (C=S) groups is 1. The molecular weight excluding hydrogens is 370 g/mol. The van der Waals surface area contributed by atoms with Gasteiger partial charge in [-0.25, -0.2) is 0 Å². The zero-order valence-corrected chi connectivity index (χ0v) is 13.9. The van der Waals surface area contributed by atoms with E-state index in [1.807, 2.05) is 24.3 Å². The first-order chi connectivity index (χ1) is 10.5. The molecule has 0 unspecified atom stereocenters. The highest BCUT2D eigenvalue weighted by molar-refractivity contribution is 9.10. The number of nitrogens with one attached hydrogen (secondary N) is 2. The molecule has 0 aliphatic rings. The van der Waals surface area contributed by atoms with E-state index in [4.69, 9.17) is 17.0 Å². The summed E-state index contributed by atoms with van der Waals surface area (Å²) < 4.78 is 5.93. The Bertz CT molecular complexity index is 707. The molecule has 2 N–H and O–H groups in total. The highest BCUT2D eigenvalue weighted by Crippen LogP contribution is 2.29. The lowest BCUT2D eigenvalue weighted by Crippen LogP contribution is -2.19. The van der Waals surface area contributed by atoms with Gasteiger partial charge in [-0.3, -0.25) is 10.1 Å². The first kappa shape index (κ1) is 16.2. The maximum Gasteiger partial charge on any atom is 0.296 e. The highest BCUT2D eigenvalue weighted by atomic mass is 79.9. The molecule has 0 bridgehead atoms. The predicted octanol–water partition coefficient (Wildman–Crippen LogP) is 4.17. The highest BCUT2D eigenvalue weighted by Gasteiger charge is 2.16. The van der Waals surface area contributed by atoms with Gasteiger partial charge in [0.1, 0.15) is 11.4 Å². The van der Waals surface area contributed by atoms with Gasteiger partial charge in [0.05, 0.1) is 18.1 Å². The van der Waals surface area contributed by atoms with Crippen molar-refractivity contribution in [2.45, 2.75) is 0 Å². The largest absolute Gasteiger partial charge is 0.496 e. The smallest absolute Gasteiger partial charge is 0.296 e. The lowest BCUT2D eigenvalue weighted by molar-refractivity contribution is -0.384. The van der Waals surface area contributed by atoms with E-state index in [2.05, 4.69) is 26.6 Å². The number of ether oxygens (including phenoxy) is 1. The summed E-state index contributed by atoms with van der Waals surface area (Å²) in [6, 6.07) is 11.9. The van der Waals surface area contributed by atoms with Crippen molar-refractivity contribution in [3.63, 3.8) is 0 Å². The number of benzene rings is 2. The molecule has 0 amide bonds. The molecule has 0 spiro atoms. The Labute approximate surface area is 140 Å². The Morgan fingerprint density at radius 3 is 2.50 bits per heavy atom. The Morgan fingerprint density at radius 2 is 1.91 bits per heavy atom. The van der Waals surface area contributed by atoms with Crippen molar-refractivity contribution >= 4 is 50.3 Å². The van der Waals surface area contributed by atoms with Crippen LogP contribution in [0.3, 0.4) is 0 Å². The van der Waals surface area contributed by atoms with Gasteiger partial charge in [0.15, 0.2) is 5.11 Å². The number of rotatable bonds is 4. The van der Waals surface area contributed by atoms with Gasteiger partial charge in [0.2, 0.25) is 0 Å². The molecule has 0 atom stereocenters. The summed E-state index contributed by atoms with van der Waals surface area (Å²) in [7, 11) is 1.45. The summed E-state index contributed by atoms with van der Waals surface area (Å²) in [6.07, 6.45) is 0. The lowest BCUT2D eigenvalue weighted by atomic mass is 10.2. The van der Waals surface area contributed by atoms with E-state index < -0.39 is 4.92 Å². The average Bonchev–Trinajstić information content (AvgIpc) is 2.49. The van der Waals surface area contributed by atoms with Crippen LogP contribution in [0, 0.1) is 10.1 Å². The van der Waals surface area contributed by atoms with Crippen LogP contribution in [0.2, 0.25) is 0 Å². The van der Waals surface area contributed by atoms with Crippen molar-refractivity contribution in [3.8, 4) is 5.75 Å². The molecule has 0 saturated carbocycles. The summed E-state index contributed by atoms with van der Waals surface area (Å²) in [5.41, 5.74) is 0.955. The van der Waals surface area contributed by atoms with E-state index in [0.717, 1.165) is 10.2 Å². The summed E-state index contributed by atoms with van der Waals surface area (Å²) in [4.78, 5) is 10.6. The molecule has 2 aromatic carbocycles. The van der Waals surface area contributed by atoms with Crippen LogP contribution in [0.1, 0.15) is 0 Å². The van der Waals surface area contributed by atoms with E-state index in [0.29, 0.717) is 11.4 Å². The molecule has 0 saturated heterocycles. The molecule has 0 aliphatic heterocycles. The first-order valence-electron chi connectivity index (χ1n) is 6.15. The minimum Gasteiger partial charge on any atom is -0.496 e. The molecule has 0 aromatic heterocycles. The fourth-order valence-corrected chi connectivity index (χ4v) is 2.21. The van der Waals surface area contributed by atoms with Gasteiger partial charge in [-0.1, -0.05) is 15.9 Å². The Kier molecular flexibility index (Phi) is 5.29. The lowest BCUT2D eigenvalue weighted by Gasteiger charge is -2.11. The maximum atomic E-state index is 11.1. The molecule has 114 valence electrons. The predicted molar refractivity (Wildman–Crippen MR) is 93.6 cm³/mol. The standard InChI is InChI=1S/C14H12BrN3O3S/c1-21-11-6-7-12(13(8-11)18(19)20)17-14(22)16-10-4-2-9(15)3-5-10/h2-8H,1H3,(H2,16,17,22). The number of nitro groups is 1. The SMILES string of the molecule is COc1ccc(NC(=S)Nc2ccc(Br)cc2)c([N+](=O)[O-])c1. The number of anilines is 2. The fraction of sp³-hybridized carbons (Fsp3) is 0.0714. The van der Waals surface area contributed by atoms with Crippen molar-refractivity contribution in [1.82, 2.24) is 0 Å². The quantitative estimate of drug-likeness (QED) is 0.470. The second-order valence-electron chi connectivity index (χ2n) is 4.23. The van der Waals surface area contributed by atoms with Gasteiger partial charge in [-0.05, 0) is 48.6 Å². The van der Waals surface area contributed by atoms with Crippen LogP contribution in [0.25, 0.3) is 0 Å². The van der Waals surface area contributed by atoms with Gasteiger partial charge < -0.3 is 15.4 Å². The Morgan fingerprint density at radius 1 is 1.23 bits per heavy atom. The van der Waals surface area contributed by atoms with Crippen LogP contribution in [-0.2, 0) is 0 Å². The molecule has 0 fully saturated rings. The van der Waals surface area contributed by atoms with E-state index >= 15 is 0 Å². The van der Waals surface area contributed by atoms with Crippen LogP contribution >= 0.6 is 28.1 Å². The molecule has 6 nitrogen and oxygen atoms in total. The monoisotopic (exact) mass is 381 g/mol. The van der Waals surface area contributed by atoms with Gasteiger partial charge in [0.25, 0.3) is 5.69 Å². The van der Waals surface area contributed by atoms with Gasteiger partial charge in [-0.15, -0.1) is 0 Å². The third-order valence-corrected chi connectivity index (χ3v) is 3.48. The summed E-state index contributed by atoms with van der Waals surface area (Å²) >= 11 is 8.51. The van der Waals surface area contributed by atoms with E-state index in [-0.39, 0.29) is 10.8 Å². The fourth-order valence-electron chi connectivity index (χ4n) is 1.71. The number of methoxy groups -OCH3 is 1. The molecule has 8 heteroatoms. The van der Waals surface area contributed by atoms with Gasteiger partial charge in [-0.2, -0.15) is 0 Å². The Balaban J connectivity index is 2.14. The zero-order valence-electron chi connectivity index (χ0n) is 11.5. The van der Waals surface area contributed by atoms with Gasteiger partial charge in [0, 0.05) is 10.2 Å². The molecule has 0 radical (unpaired) electrons. The van der Waals surface area contributed by atoms with Gasteiger partial charge >= 0.3 is 0 Å². The summed E-state index contributed by atoms with van der Waals surface area (Å²) in [5, 5.41) is 17.1. The summed E-state index contributed by atoms with van der Waals surface area (Å²) in [6.45, 7) is 0. The molecule has 2 rings (SSSR count). The number of nitro benzene ring substituents is 1. The topological polar surface area (TPSA) is 76.4 Å². The average molecular weight is 382 g/mol. The van der Waals surface area contributed by atoms with Crippen LogP contribution in [0.5, 0.6) is 5.75 Å². The third-order valence-electron chi connectivity index (χ3n) is 2.75. The number of halogens is 1. The van der Waals surface area contributed by atoms with Crippen LogP contribution in [0.4, 0.5) is 17.1 Å². The molecule has 2 aromatic rings. The number of hydrogen-bond donors (Lipinski definition) is 2. The van der Waals surface area contributed by atoms with Crippen LogP contribution in [0.15, 0.2) is 46.9 Å². The van der Waals surface area contributed by atoms with E-state index in [9.17, 15) is 10.1 Å². The minimum atomic E-state index is -0.493.